The molecule has 1 amide bonds. The lowest BCUT2D eigenvalue weighted by atomic mass is 10.2. The molecule has 0 aromatic rings. The Morgan fingerprint density at radius 3 is 2.75 bits per heavy atom. The number of nitrogens with zero attached hydrogens (tertiary/aromatic N) is 1. The molecule has 0 aromatic carbocycles. The normalized spacial score (nSPS) is 28.6. The molecule has 0 spiro atoms. The molecule has 1 heterocycles. The Bertz CT molecular complexity index is 213. The smallest absolute Gasteiger partial charge is 0.246 e. The van der Waals surface area contributed by atoms with E-state index in [1.165, 1.54) is 6.08 Å². The maximum atomic E-state index is 11.2. The molecule has 12 heavy (non-hydrogen) atoms. The third-order valence-electron chi connectivity index (χ3n) is 2.11. The van der Waals surface area contributed by atoms with E-state index in [1.54, 1.807) is 11.0 Å². The zero-order valence-corrected chi connectivity index (χ0v) is 7.07. The number of hydrogen-bond acceptors (Lipinski definition) is 2. The minimum Gasteiger partial charge on any atom is -0.331 e. The highest BCUT2D eigenvalue weighted by Gasteiger charge is 2.29. The topological polar surface area (TPSA) is 46.3 Å². The fraction of sp³-hybridized carbons (Fsp3) is 0.444. The van der Waals surface area contributed by atoms with Gasteiger partial charge in [-0.15, -0.1) is 6.58 Å². The summed E-state index contributed by atoms with van der Waals surface area (Å²) in [6, 6.07) is 0.169. The van der Waals surface area contributed by atoms with Crippen LogP contribution in [0.1, 0.15) is 6.42 Å². The average Bonchev–Trinajstić information content (AvgIpc) is 2.45. The fourth-order valence-corrected chi connectivity index (χ4v) is 1.49. The first-order valence-electron chi connectivity index (χ1n) is 4.00. The van der Waals surface area contributed by atoms with Crippen LogP contribution in [0.15, 0.2) is 25.3 Å². The van der Waals surface area contributed by atoms with Crippen LogP contribution in [0.3, 0.4) is 0 Å². The molecule has 3 nitrogen and oxygen atoms in total. The monoisotopic (exact) mass is 166 g/mol. The average molecular weight is 166 g/mol. The minimum atomic E-state index is -0.0622. The molecule has 0 bridgehead atoms. The van der Waals surface area contributed by atoms with Gasteiger partial charge in [-0.05, 0) is 12.5 Å². The lowest BCUT2D eigenvalue weighted by molar-refractivity contribution is -0.126. The standard InChI is InChI=1S/C9H14N2O/c1-3-8-5-7(10)6-11(8)9(12)4-2/h3-4,7-8H,1-2,5-6,10H2/t7-,8-/m0/s1. The number of hydrogen-bond donors (Lipinski definition) is 1. The van der Waals surface area contributed by atoms with E-state index >= 15 is 0 Å². The highest BCUT2D eigenvalue weighted by atomic mass is 16.2. The van der Waals surface area contributed by atoms with Crippen molar-refractivity contribution in [3.63, 3.8) is 0 Å². The Balaban J connectivity index is 2.69. The molecule has 66 valence electrons. The highest BCUT2D eigenvalue weighted by Crippen LogP contribution is 2.17. The van der Waals surface area contributed by atoms with Crippen molar-refractivity contribution >= 4 is 5.91 Å². The molecule has 0 radical (unpaired) electrons. The van der Waals surface area contributed by atoms with Crippen molar-refractivity contribution in [2.24, 2.45) is 5.73 Å². The zero-order valence-electron chi connectivity index (χ0n) is 7.07. The summed E-state index contributed by atoms with van der Waals surface area (Å²) in [5.74, 6) is -0.0622. The van der Waals surface area contributed by atoms with Gasteiger partial charge in [-0.25, -0.2) is 0 Å². The second kappa shape index (κ2) is 3.54. The Morgan fingerprint density at radius 2 is 2.25 bits per heavy atom. The third-order valence-corrected chi connectivity index (χ3v) is 2.11. The predicted molar refractivity (Wildman–Crippen MR) is 48.5 cm³/mol. The molecule has 2 N–H and O–H groups in total. The summed E-state index contributed by atoms with van der Waals surface area (Å²) in [6.07, 6.45) is 3.88. The summed E-state index contributed by atoms with van der Waals surface area (Å²) in [5, 5.41) is 0. The first-order chi connectivity index (χ1) is 5.69. The van der Waals surface area contributed by atoms with Crippen LogP contribution in [0.5, 0.6) is 0 Å². The summed E-state index contributed by atoms with van der Waals surface area (Å²) >= 11 is 0. The van der Waals surface area contributed by atoms with E-state index in [9.17, 15) is 4.79 Å². The van der Waals surface area contributed by atoms with Gasteiger partial charge >= 0.3 is 0 Å². The van der Waals surface area contributed by atoms with Crippen LogP contribution in [0.4, 0.5) is 0 Å². The number of nitrogens with two attached hydrogens (primary N) is 1. The van der Waals surface area contributed by atoms with Crippen molar-refractivity contribution in [3.8, 4) is 0 Å². The van der Waals surface area contributed by atoms with E-state index in [1.807, 2.05) is 0 Å². The van der Waals surface area contributed by atoms with E-state index < -0.39 is 0 Å². The number of rotatable bonds is 2. The van der Waals surface area contributed by atoms with Crippen LogP contribution in [-0.4, -0.2) is 29.4 Å². The van der Waals surface area contributed by atoms with Crippen LogP contribution >= 0.6 is 0 Å². The zero-order chi connectivity index (χ0) is 9.14. The second-order valence-corrected chi connectivity index (χ2v) is 2.99. The molecule has 0 aliphatic carbocycles. The summed E-state index contributed by atoms with van der Waals surface area (Å²) < 4.78 is 0. The van der Waals surface area contributed by atoms with Gasteiger partial charge in [0.25, 0.3) is 0 Å². The van der Waals surface area contributed by atoms with Gasteiger partial charge in [0.15, 0.2) is 0 Å². The number of carbonyl (C=O) groups is 1. The Hall–Kier alpha value is -1.09. The van der Waals surface area contributed by atoms with Gasteiger partial charge in [0.1, 0.15) is 0 Å². The molecule has 1 fully saturated rings. The van der Waals surface area contributed by atoms with Gasteiger partial charge in [0.05, 0.1) is 6.04 Å². The predicted octanol–water partition coefficient (Wildman–Crippen LogP) is 0.287. The van der Waals surface area contributed by atoms with E-state index in [0.29, 0.717) is 6.54 Å². The molecule has 0 aromatic heterocycles. The molecule has 3 heteroatoms. The molecular formula is C9H14N2O. The van der Waals surface area contributed by atoms with Crippen LogP contribution in [0.25, 0.3) is 0 Å². The molecule has 1 rings (SSSR count). The van der Waals surface area contributed by atoms with Crippen LogP contribution in [-0.2, 0) is 4.79 Å². The Labute approximate surface area is 72.5 Å². The van der Waals surface area contributed by atoms with Crippen molar-refractivity contribution < 1.29 is 4.79 Å². The first-order valence-corrected chi connectivity index (χ1v) is 4.00. The van der Waals surface area contributed by atoms with Crippen LogP contribution < -0.4 is 5.73 Å². The highest BCUT2D eigenvalue weighted by molar-refractivity contribution is 5.87. The summed E-state index contributed by atoms with van der Waals surface area (Å²) in [4.78, 5) is 12.9. The van der Waals surface area contributed by atoms with Crippen molar-refractivity contribution in [1.82, 2.24) is 4.90 Å². The maximum Gasteiger partial charge on any atom is 0.246 e. The third kappa shape index (κ3) is 1.56. The maximum absolute atomic E-state index is 11.2. The van der Waals surface area contributed by atoms with Gasteiger partial charge in [-0.1, -0.05) is 12.7 Å². The van der Waals surface area contributed by atoms with Gasteiger partial charge in [-0.3, -0.25) is 4.79 Å². The lowest BCUT2D eigenvalue weighted by Crippen LogP contribution is -2.34. The largest absolute Gasteiger partial charge is 0.331 e. The Kier molecular flexibility index (Phi) is 2.65. The Morgan fingerprint density at radius 1 is 1.58 bits per heavy atom. The van der Waals surface area contributed by atoms with E-state index in [-0.39, 0.29) is 18.0 Å². The summed E-state index contributed by atoms with van der Waals surface area (Å²) in [7, 11) is 0. The SMILES string of the molecule is C=CC(=O)N1C[C@@H](N)C[C@@H]1C=C. The first kappa shape index (κ1) is 9.00. The van der Waals surface area contributed by atoms with E-state index in [0.717, 1.165) is 6.42 Å². The van der Waals surface area contributed by atoms with Gasteiger partial charge < -0.3 is 10.6 Å². The molecule has 1 aliphatic heterocycles. The summed E-state index contributed by atoms with van der Waals surface area (Å²) in [6.45, 7) is 7.71. The molecule has 1 saturated heterocycles. The molecule has 0 unspecified atom stereocenters. The van der Waals surface area contributed by atoms with Crippen molar-refractivity contribution in [3.05, 3.63) is 25.3 Å². The van der Waals surface area contributed by atoms with E-state index in [4.69, 9.17) is 5.73 Å². The number of amides is 1. The molecule has 2 atom stereocenters. The molecule has 1 aliphatic rings. The van der Waals surface area contributed by atoms with Crippen LogP contribution in [0, 0.1) is 0 Å². The fourth-order valence-electron chi connectivity index (χ4n) is 1.49. The van der Waals surface area contributed by atoms with Crippen molar-refractivity contribution in [2.45, 2.75) is 18.5 Å². The molecular weight excluding hydrogens is 152 g/mol. The van der Waals surface area contributed by atoms with Gasteiger partial charge in [0, 0.05) is 12.6 Å². The lowest BCUT2D eigenvalue weighted by Gasteiger charge is -2.19. The molecule has 0 saturated carbocycles. The number of likely N-dealkylation sites (tertiary alicyclic amines) is 1. The van der Waals surface area contributed by atoms with Crippen molar-refractivity contribution in [1.29, 1.82) is 0 Å². The summed E-state index contributed by atoms with van der Waals surface area (Å²) in [5.41, 5.74) is 5.71. The van der Waals surface area contributed by atoms with E-state index in [2.05, 4.69) is 13.2 Å². The van der Waals surface area contributed by atoms with Crippen LogP contribution in [0.2, 0.25) is 0 Å². The van der Waals surface area contributed by atoms with Gasteiger partial charge in [-0.2, -0.15) is 0 Å². The minimum absolute atomic E-state index is 0.0622. The van der Waals surface area contributed by atoms with Crippen molar-refractivity contribution in [2.75, 3.05) is 6.54 Å². The number of carbonyl (C=O) groups excluding carboxylic acids is 1. The second-order valence-electron chi connectivity index (χ2n) is 2.99. The quantitative estimate of drug-likeness (QED) is 0.473. The van der Waals surface area contributed by atoms with Gasteiger partial charge in [0.2, 0.25) is 5.91 Å².